The summed E-state index contributed by atoms with van der Waals surface area (Å²) in [5, 5.41) is 11.1. The van der Waals surface area contributed by atoms with Crippen molar-refractivity contribution in [3.8, 4) is 0 Å². The quantitative estimate of drug-likeness (QED) is 0.667. The number of fused-ring (bicyclic) bond motifs is 1. The molecule has 2 fully saturated rings. The zero-order valence-corrected chi connectivity index (χ0v) is 13.0. The van der Waals surface area contributed by atoms with Gasteiger partial charge in [-0.1, -0.05) is 18.6 Å². The fourth-order valence-corrected chi connectivity index (χ4v) is 3.67. The lowest BCUT2D eigenvalue weighted by Gasteiger charge is -2.29. The summed E-state index contributed by atoms with van der Waals surface area (Å²) in [6.07, 6.45) is 3.21. The molecule has 7 heteroatoms. The van der Waals surface area contributed by atoms with Gasteiger partial charge in [-0.2, -0.15) is 0 Å². The topological polar surface area (TPSA) is 89.5 Å². The molecule has 120 valence electrons. The molecule has 1 saturated heterocycles. The number of rotatable bonds is 2. The third kappa shape index (κ3) is 2.94. The summed E-state index contributed by atoms with van der Waals surface area (Å²) < 4.78 is 0. The van der Waals surface area contributed by atoms with E-state index in [1.807, 2.05) is 0 Å². The Morgan fingerprint density at radius 1 is 1.27 bits per heavy atom. The SMILES string of the molecule is Cl.NC1CCCC2CN(C(=O)c3ccccc3[N+](=O)[O-])CC12. The highest BCUT2D eigenvalue weighted by molar-refractivity contribution is 5.98. The van der Waals surface area contributed by atoms with Crippen molar-refractivity contribution < 1.29 is 9.72 Å². The van der Waals surface area contributed by atoms with Gasteiger partial charge >= 0.3 is 0 Å². The van der Waals surface area contributed by atoms with E-state index in [4.69, 9.17) is 5.73 Å². The second-order valence-electron chi connectivity index (χ2n) is 6.00. The molecule has 1 aliphatic heterocycles. The van der Waals surface area contributed by atoms with Crippen LogP contribution in [0.5, 0.6) is 0 Å². The molecule has 1 amide bonds. The lowest BCUT2D eigenvalue weighted by atomic mass is 9.78. The minimum Gasteiger partial charge on any atom is -0.338 e. The number of likely N-dealkylation sites (tertiary alicyclic amines) is 1. The smallest absolute Gasteiger partial charge is 0.282 e. The fraction of sp³-hybridized carbons (Fsp3) is 0.533. The van der Waals surface area contributed by atoms with Gasteiger partial charge in [0.05, 0.1) is 4.92 Å². The average molecular weight is 326 g/mol. The molecular formula is C15H20ClN3O3. The number of amides is 1. The predicted octanol–water partition coefficient (Wildman–Crippen LogP) is 2.22. The number of halogens is 1. The molecule has 2 N–H and O–H groups in total. The van der Waals surface area contributed by atoms with Crippen LogP contribution in [0.25, 0.3) is 0 Å². The van der Waals surface area contributed by atoms with Crippen molar-refractivity contribution >= 4 is 24.0 Å². The van der Waals surface area contributed by atoms with Crippen molar-refractivity contribution in [2.75, 3.05) is 13.1 Å². The molecule has 3 rings (SSSR count). The van der Waals surface area contributed by atoms with E-state index in [1.165, 1.54) is 12.1 Å². The van der Waals surface area contributed by atoms with E-state index in [0.29, 0.717) is 24.9 Å². The van der Waals surface area contributed by atoms with Crippen LogP contribution in [-0.4, -0.2) is 34.9 Å². The van der Waals surface area contributed by atoms with E-state index in [1.54, 1.807) is 17.0 Å². The highest BCUT2D eigenvalue weighted by Gasteiger charge is 2.41. The summed E-state index contributed by atoms with van der Waals surface area (Å²) in [5.41, 5.74) is 6.21. The molecule has 3 atom stereocenters. The number of nitro groups is 1. The van der Waals surface area contributed by atoms with Crippen molar-refractivity contribution in [3.63, 3.8) is 0 Å². The van der Waals surface area contributed by atoms with Crippen LogP contribution in [0.3, 0.4) is 0 Å². The fourth-order valence-electron chi connectivity index (χ4n) is 3.67. The van der Waals surface area contributed by atoms with Gasteiger partial charge < -0.3 is 10.6 Å². The Bertz CT molecular complexity index is 581. The molecule has 3 unspecified atom stereocenters. The zero-order valence-electron chi connectivity index (χ0n) is 12.2. The van der Waals surface area contributed by atoms with Gasteiger partial charge in [0, 0.05) is 25.2 Å². The molecule has 0 radical (unpaired) electrons. The first-order valence-electron chi connectivity index (χ1n) is 7.36. The average Bonchev–Trinajstić information content (AvgIpc) is 2.92. The van der Waals surface area contributed by atoms with Crippen molar-refractivity contribution in [2.24, 2.45) is 17.6 Å². The van der Waals surface area contributed by atoms with Gasteiger partial charge in [0.25, 0.3) is 11.6 Å². The Balaban J connectivity index is 0.00000176. The first-order valence-corrected chi connectivity index (χ1v) is 7.36. The van der Waals surface area contributed by atoms with Gasteiger partial charge in [0.2, 0.25) is 0 Å². The number of nitro benzene ring substituents is 1. The second kappa shape index (κ2) is 6.62. The number of benzene rings is 1. The molecule has 2 aliphatic rings. The molecular weight excluding hydrogens is 306 g/mol. The van der Waals surface area contributed by atoms with Crippen LogP contribution in [0.1, 0.15) is 29.6 Å². The van der Waals surface area contributed by atoms with E-state index in [2.05, 4.69) is 0 Å². The standard InChI is InChI=1S/C15H19N3O3.ClH/c16-13-6-3-4-10-8-17(9-12(10)13)15(19)11-5-1-2-7-14(11)18(20)21;/h1-2,5,7,10,12-13H,3-4,6,8-9,16H2;1H. The molecule has 1 heterocycles. The number of nitrogens with zero attached hydrogens (tertiary/aromatic N) is 2. The summed E-state index contributed by atoms with van der Waals surface area (Å²) in [4.78, 5) is 24.9. The van der Waals surface area contributed by atoms with E-state index in [0.717, 1.165) is 19.3 Å². The van der Waals surface area contributed by atoms with Crippen LogP contribution in [0.4, 0.5) is 5.69 Å². The van der Waals surface area contributed by atoms with Crippen molar-refractivity contribution in [1.29, 1.82) is 0 Å². The minimum absolute atomic E-state index is 0. The predicted molar refractivity (Wildman–Crippen MR) is 85.1 cm³/mol. The Kier molecular flexibility index (Phi) is 5.03. The summed E-state index contributed by atoms with van der Waals surface area (Å²) in [5.74, 6) is 0.537. The zero-order chi connectivity index (χ0) is 15.0. The van der Waals surface area contributed by atoms with E-state index >= 15 is 0 Å². The first-order chi connectivity index (χ1) is 10.1. The van der Waals surface area contributed by atoms with Gasteiger partial charge in [-0.15, -0.1) is 12.4 Å². The number of para-hydroxylation sites is 1. The third-order valence-electron chi connectivity index (χ3n) is 4.77. The van der Waals surface area contributed by atoms with Gasteiger partial charge in [0.1, 0.15) is 5.56 Å². The van der Waals surface area contributed by atoms with Gasteiger partial charge in [0.15, 0.2) is 0 Å². The molecule has 6 nitrogen and oxygen atoms in total. The van der Waals surface area contributed by atoms with E-state index in [9.17, 15) is 14.9 Å². The molecule has 0 aromatic heterocycles. The van der Waals surface area contributed by atoms with Crippen LogP contribution in [0.15, 0.2) is 24.3 Å². The van der Waals surface area contributed by atoms with Crippen molar-refractivity contribution in [3.05, 3.63) is 39.9 Å². The molecule has 0 bridgehead atoms. The Morgan fingerprint density at radius 3 is 2.68 bits per heavy atom. The number of carbonyl (C=O) groups is 1. The van der Waals surface area contributed by atoms with Crippen LogP contribution in [0, 0.1) is 22.0 Å². The lowest BCUT2D eigenvalue weighted by Crippen LogP contribution is -2.38. The normalized spacial score (nSPS) is 27.0. The Hall–Kier alpha value is -1.66. The maximum atomic E-state index is 12.6. The minimum atomic E-state index is -0.498. The van der Waals surface area contributed by atoms with Crippen LogP contribution < -0.4 is 5.73 Å². The Labute approximate surface area is 135 Å². The largest absolute Gasteiger partial charge is 0.338 e. The second-order valence-corrected chi connectivity index (χ2v) is 6.00. The summed E-state index contributed by atoms with van der Waals surface area (Å²) in [6.45, 7) is 1.29. The summed E-state index contributed by atoms with van der Waals surface area (Å²) in [6, 6.07) is 6.29. The maximum absolute atomic E-state index is 12.6. The van der Waals surface area contributed by atoms with E-state index in [-0.39, 0.29) is 35.6 Å². The Morgan fingerprint density at radius 2 is 2.00 bits per heavy atom. The van der Waals surface area contributed by atoms with Gasteiger partial charge in [-0.25, -0.2) is 0 Å². The summed E-state index contributed by atoms with van der Waals surface area (Å²) >= 11 is 0. The number of nitrogens with two attached hydrogens (primary N) is 1. The molecule has 1 aromatic carbocycles. The van der Waals surface area contributed by atoms with Crippen LogP contribution >= 0.6 is 12.4 Å². The van der Waals surface area contributed by atoms with Gasteiger partial charge in [-0.05, 0) is 30.7 Å². The maximum Gasteiger partial charge on any atom is 0.282 e. The monoisotopic (exact) mass is 325 g/mol. The van der Waals surface area contributed by atoms with E-state index < -0.39 is 4.92 Å². The molecule has 1 aromatic rings. The highest BCUT2D eigenvalue weighted by Crippen LogP contribution is 2.36. The molecule has 22 heavy (non-hydrogen) atoms. The summed E-state index contributed by atoms with van der Waals surface area (Å²) in [7, 11) is 0. The van der Waals surface area contributed by atoms with Crippen LogP contribution in [0.2, 0.25) is 0 Å². The number of hydrogen-bond donors (Lipinski definition) is 1. The highest BCUT2D eigenvalue weighted by atomic mass is 35.5. The first kappa shape index (κ1) is 16.7. The number of hydrogen-bond acceptors (Lipinski definition) is 4. The molecule has 1 aliphatic carbocycles. The van der Waals surface area contributed by atoms with Crippen molar-refractivity contribution in [2.45, 2.75) is 25.3 Å². The van der Waals surface area contributed by atoms with Crippen LogP contribution in [-0.2, 0) is 0 Å². The molecule has 0 spiro atoms. The third-order valence-corrected chi connectivity index (χ3v) is 4.77. The number of carbonyl (C=O) groups excluding carboxylic acids is 1. The molecule has 1 saturated carbocycles. The van der Waals surface area contributed by atoms with Gasteiger partial charge in [-0.3, -0.25) is 14.9 Å². The lowest BCUT2D eigenvalue weighted by molar-refractivity contribution is -0.385. The van der Waals surface area contributed by atoms with Crippen molar-refractivity contribution in [1.82, 2.24) is 4.90 Å².